The molecule has 2 aliphatic carbocycles. The topological polar surface area (TPSA) is 48.3 Å². The van der Waals surface area contributed by atoms with Crippen molar-refractivity contribution in [3.63, 3.8) is 0 Å². The molecule has 2 fully saturated rings. The number of aryl methyl sites for hydroxylation is 1. The Morgan fingerprint density at radius 1 is 1.02 bits per heavy atom. The first-order valence-corrected chi connectivity index (χ1v) is 16.9. The highest BCUT2D eigenvalue weighted by Gasteiger charge is 2.39. The summed E-state index contributed by atoms with van der Waals surface area (Å²) in [5, 5.41) is 0.781. The van der Waals surface area contributed by atoms with E-state index in [0.717, 1.165) is 59.1 Å². The fourth-order valence-electron chi connectivity index (χ4n) is 6.62. The van der Waals surface area contributed by atoms with Crippen molar-refractivity contribution in [3.8, 4) is 23.0 Å². The Hall–Kier alpha value is -3.62. The predicted molar refractivity (Wildman–Crippen MR) is 181 cm³/mol. The van der Waals surface area contributed by atoms with Crippen molar-refractivity contribution in [3.05, 3.63) is 93.2 Å². The van der Waals surface area contributed by atoms with E-state index in [-0.39, 0.29) is 17.4 Å². The van der Waals surface area contributed by atoms with Crippen molar-refractivity contribution in [1.82, 2.24) is 4.57 Å². The van der Waals surface area contributed by atoms with Gasteiger partial charge in [0.05, 0.1) is 11.3 Å². The van der Waals surface area contributed by atoms with Gasteiger partial charge in [0.15, 0.2) is 0 Å². The number of esters is 1. The van der Waals surface area contributed by atoms with Crippen LogP contribution in [0.25, 0.3) is 21.2 Å². The van der Waals surface area contributed by atoms with Gasteiger partial charge in [0, 0.05) is 41.2 Å². The quantitative estimate of drug-likeness (QED) is 0.109. The first-order valence-electron chi connectivity index (χ1n) is 16.1. The molecule has 2 aromatic heterocycles. The second kappa shape index (κ2) is 12.8. The van der Waals surface area contributed by atoms with Crippen LogP contribution in [0.3, 0.4) is 0 Å². The number of carbonyl (C=O) groups excluding carboxylic acids is 1. The molecule has 2 aromatic carbocycles. The van der Waals surface area contributed by atoms with Crippen molar-refractivity contribution < 1.29 is 9.53 Å². The molecule has 4 nitrogen and oxygen atoms in total. The van der Waals surface area contributed by atoms with Crippen LogP contribution in [0.5, 0.6) is 0 Å². The van der Waals surface area contributed by atoms with Crippen molar-refractivity contribution >= 4 is 27.4 Å². The van der Waals surface area contributed by atoms with E-state index in [1.165, 1.54) is 23.1 Å². The van der Waals surface area contributed by atoms with E-state index in [1.54, 1.807) is 15.9 Å². The number of carbonyl (C=O) groups is 1. The maximum Gasteiger partial charge on any atom is 0.309 e. The summed E-state index contributed by atoms with van der Waals surface area (Å²) in [6.45, 7) is 5.79. The summed E-state index contributed by atoms with van der Waals surface area (Å²) in [6, 6.07) is 21.8. The SMILES string of the molecule is Cn1cc(-c2cccc(C3CC3Cc3ccccc3)c2)c2sc(CC#CCCCC3CCC3C(=O)OC(C)(C)C)cc2c1=O. The zero-order chi connectivity index (χ0) is 30.8. The Labute approximate surface area is 265 Å². The van der Waals surface area contributed by atoms with Crippen LogP contribution in [-0.2, 0) is 29.4 Å². The fraction of sp³-hybridized carbons (Fsp3) is 0.436. The third kappa shape index (κ3) is 7.02. The van der Waals surface area contributed by atoms with E-state index in [9.17, 15) is 9.59 Å². The number of rotatable bonds is 9. The number of unbranched alkanes of at least 4 members (excludes halogenated alkanes) is 1. The lowest BCUT2D eigenvalue weighted by atomic mass is 9.71. The largest absolute Gasteiger partial charge is 0.460 e. The molecule has 2 aliphatic rings. The molecule has 0 radical (unpaired) electrons. The molecule has 2 heterocycles. The van der Waals surface area contributed by atoms with Crippen molar-refractivity contribution in [2.45, 2.75) is 83.7 Å². The molecule has 0 bridgehead atoms. The van der Waals surface area contributed by atoms with Gasteiger partial charge >= 0.3 is 5.97 Å². The van der Waals surface area contributed by atoms with Gasteiger partial charge in [-0.2, -0.15) is 0 Å². The number of pyridine rings is 1. The lowest BCUT2D eigenvalue weighted by Gasteiger charge is -2.36. The van der Waals surface area contributed by atoms with Crippen molar-refractivity contribution in [2.24, 2.45) is 24.8 Å². The summed E-state index contributed by atoms with van der Waals surface area (Å²) in [7, 11) is 1.85. The van der Waals surface area contributed by atoms with Crippen molar-refractivity contribution in [2.75, 3.05) is 0 Å². The van der Waals surface area contributed by atoms with Crippen molar-refractivity contribution in [1.29, 1.82) is 0 Å². The van der Waals surface area contributed by atoms with E-state index >= 15 is 0 Å². The molecule has 4 unspecified atom stereocenters. The molecular formula is C39H43NO3S. The molecule has 4 aromatic rings. The average Bonchev–Trinajstić information content (AvgIpc) is 3.60. The highest BCUT2D eigenvalue weighted by Crippen LogP contribution is 2.50. The zero-order valence-electron chi connectivity index (χ0n) is 26.4. The smallest absolute Gasteiger partial charge is 0.309 e. The summed E-state index contributed by atoms with van der Waals surface area (Å²) in [6.07, 6.45) is 9.90. The lowest BCUT2D eigenvalue weighted by Crippen LogP contribution is -2.38. The van der Waals surface area contributed by atoms with Gasteiger partial charge in [-0.3, -0.25) is 9.59 Å². The summed E-state index contributed by atoms with van der Waals surface area (Å²) in [4.78, 5) is 26.6. The molecule has 2 saturated carbocycles. The van der Waals surface area contributed by atoms with E-state index < -0.39 is 5.60 Å². The minimum absolute atomic E-state index is 0.0402. The number of hydrogen-bond acceptors (Lipinski definition) is 4. The molecule has 0 saturated heterocycles. The second-order valence-corrected chi connectivity index (χ2v) is 14.9. The molecule has 44 heavy (non-hydrogen) atoms. The van der Waals surface area contributed by atoms with Gasteiger partial charge in [-0.05, 0) is 99.8 Å². The van der Waals surface area contributed by atoms with Crippen LogP contribution in [-0.4, -0.2) is 16.1 Å². The standard InChI is InChI=1S/C39H43NO3S/c1-39(2,3)43-38(42)32-20-19-27(32)15-10-5-6-11-18-31-24-34-36(44-31)35(25-40(4)37(34)41)29-17-12-16-28(22-29)33-23-30(33)21-26-13-8-7-9-14-26/h7-9,12-14,16-17,22,24-25,27,30,32-33H,5,10,15,18-21,23H2,1-4H3. The molecular weight excluding hydrogens is 563 g/mol. The first kappa shape index (κ1) is 30.4. The Bertz CT molecular complexity index is 1760. The third-order valence-corrected chi connectivity index (χ3v) is 10.3. The highest BCUT2D eigenvalue weighted by molar-refractivity contribution is 7.19. The number of thiophene rings is 1. The maximum atomic E-state index is 13.1. The van der Waals surface area contributed by atoms with Gasteiger partial charge < -0.3 is 9.30 Å². The molecule has 0 amide bonds. The Morgan fingerprint density at radius 3 is 2.59 bits per heavy atom. The molecule has 0 aliphatic heterocycles. The fourth-order valence-corrected chi connectivity index (χ4v) is 7.74. The van der Waals surface area contributed by atoms with Gasteiger partial charge in [-0.15, -0.1) is 17.3 Å². The molecule has 0 spiro atoms. The van der Waals surface area contributed by atoms with Gasteiger partial charge in [0.2, 0.25) is 0 Å². The number of fused-ring (bicyclic) bond motifs is 1. The summed E-state index contributed by atoms with van der Waals surface area (Å²) in [5.74, 6) is 8.42. The van der Waals surface area contributed by atoms with Crippen LogP contribution >= 0.6 is 11.3 Å². The van der Waals surface area contributed by atoms with Crippen LogP contribution in [0.15, 0.2) is 71.7 Å². The van der Waals surface area contributed by atoms with Crippen LogP contribution in [0.1, 0.15) is 81.2 Å². The summed E-state index contributed by atoms with van der Waals surface area (Å²) < 4.78 is 8.36. The number of ether oxygens (including phenoxy) is 1. The average molecular weight is 606 g/mol. The normalized spacial score (nSPS) is 20.9. The van der Waals surface area contributed by atoms with E-state index in [2.05, 4.69) is 66.4 Å². The van der Waals surface area contributed by atoms with Crippen LogP contribution in [0, 0.1) is 29.6 Å². The number of hydrogen-bond donors (Lipinski definition) is 0. The zero-order valence-corrected chi connectivity index (χ0v) is 27.2. The lowest BCUT2D eigenvalue weighted by molar-refractivity contribution is -0.166. The Balaban J connectivity index is 1.09. The summed E-state index contributed by atoms with van der Waals surface area (Å²) in [5.41, 5.74) is 4.72. The van der Waals surface area contributed by atoms with E-state index in [4.69, 9.17) is 4.74 Å². The molecule has 0 N–H and O–H groups in total. The van der Waals surface area contributed by atoms with E-state index in [1.807, 2.05) is 40.1 Å². The minimum Gasteiger partial charge on any atom is -0.460 e. The Morgan fingerprint density at radius 2 is 1.84 bits per heavy atom. The highest BCUT2D eigenvalue weighted by atomic mass is 32.1. The molecule has 5 heteroatoms. The van der Waals surface area contributed by atoms with Crippen LogP contribution in [0.4, 0.5) is 0 Å². The van der Waals surface area contributed by atoms with E-state index in [0.29, 0.717) is 24.2 Å². The number of nitrogens with zero attached hydrogens (tertiary/aromatic N) is 1. The molecule has 6 rings (SSSR count). The van der Waals surface area contributed by atoms with Crippen LogP contribution < -0.4 is 5.56 Å². The maximum absolute atomic E-state index is 13.1. The first-order chi connectivity index (χ1) is 21.2. The summed E-state index contributed by atoms with van der Waals surface area (Å²) >= 11 is 1.70. The molecule has 228 valence electrons. The van der Waals surface area contributed by atoms with Gasteiger partial charge in [-0.1, -0.05) is 60.5 Å². The van der Waals surface area contributed by atoms with Crippen LogP contribution in [0.2, 0.25) is 0 Å². The second-order valence-electron chi connectivity index (χ2n) is 13.7. The number of benzene rings is 2. The Kier molecular flexibility index (Phi) is 8.83. The van der Waals surface area contributed by atoms with Gasteiger partial charge in [0.25, 0.3) is 5.56 Å². The number of aromatic nitrogens is 1. The monoisotopic (exact) mass is 605 g/mol. The van der Waals surface area contributed by atoms with Gasteiger partial charge in [0.1, 0.15) is 5.60 Å². The third-order valence-electron chi connectivity index (χ3n) is 9.18. The molecule has 4 atom stereocenters. The predicted octanol–water partition coefficient (Wildman–Crippen LogP) is 8.70. The van der Waals surface area contributed by atoms with Gasteiger partial charge in [-0.25, -0.2) is 0 Å². The minimum atomic E-state index is -0.423.